The highest BCUT2D eigenvalue weighted by molar-refractivity contribution is 6.48. The fourth-order valence-corrected chi connectivity index (χ4v) is 2.49. The predicted molar refractivity (Wildman–Crippen MR) is 89.0 cm³/mol. The first-order valence-corrected chi connectivity index (χ1v) is 8.45. The molecule has 0 heterocycles. The molecule has 1 nitrogen and oxygen atoms in total. The first-order valence-electron chi connectivity index (χ1n) is 7.70. The van der Waals surface area contributed by atoms with Crippen LogP contribution in [0.1, 0.15) is 58.3 Å². The molecule has 1 rings (SSSR count). The zero-order valence-electron chi connectivity index (χ0n) is 12.4. The quantitative estimate of drug-likeness (QED) is 0.340. The normalized spacial score (nSPS) is 11.6. The number of hydrogen-bond donors (Lipinski definition) is 0. The lowest BCUT2D eigenvalue weighted by Crippen LogP contribution is -2.22. The number of unbranched alkanes of at least 4 members (excludes halogenated alkanes) is 6. The van der Waals surface area contributed by atoms with Crippen molar-refractivity contribution in [3.63, 3.8) is 0 Å². The van der Waals surface area contributed by atoms with Gasteiger partial charge < -0.3 is 4.74 Å². The molecule has 0 aromatic heterocycles. The first kappa shape index (κ1) is 17.7. The molecule has 3 heteroatoms. The second-order valence-corrected chi connectivity index (χ2v) is 6.97. The number of para-hydroxylation sites is 1. The van der Waals surface area contributed by atoms with Crippen LogP contribution in [0.15, 0.2) is 30.3 Å². The molecule has 0 amide bonds. The van der Waals surface area contributed by atoms with E-state index >= 15 is 0 Å². The van der Waals surface area contributed by atoms with Crippen LogP contribution in [0.3, 0.4) is 0 Å². The number of ether oxygens (including phenoxy) is 1. The van der Waals surface area contributed by atoms with Crippen molar-refractivity contribution in [3.8, 4) is 5.75 Å². The summed E-state index contributed by atoms with van der Waals surface area (Å²) in [5.41, 5.74) is 0. The van der Waals surface area contributed by atoms with Crippen molar-refractivity contribution in [2.45, 2.75) is 62.6 Å². The molecule has 1 aromatic carbocycles. The molecule has 0 saturated heterocycles. The second-order valence-electron chi connectivity index (χ2n) is 5.33. The van der Waals surface area contributed by atoms with Crippen molar-refractivity contribution in [1.82, 2.24) is 0 Å². The summed E-state index contributed by atoms with van der Waals surface area (Å²) in [5, 5.41) is 0. The van der Waals surface area contributed by atoms with E-state index in [1.807, 2.05) is 30.3 Å². The van der Waals surface area contributed by atoms with Gasteiger partial charge in [-0.15, -0.1) is 0 Å². The van der Waals surface area contributed by atoms with E-state index in [1.165, 1.54) is 38.5 Å². The van der Waals surface area contributed by atoms with Crippen LogP contribution < -0.4 is 4.74 Å². The van der Waals surface area contributed by atoms with E-state index in [0.29, 0.717) is 6.61 Å². The maximum absolute atomic E-state index is 6.29. The van der Waals surface area contributed by atoms with Gasteiger partial charge in [-0.05, 0) is 18.6 Å². The average Bonchev–Trinajstić information content (AvgIpc) is 2.45. The van der Waals surface area contributed by atoms with E-state index in [1.54, 1.807) is 0 Å². The van der Waals surface area contributed by atoms with Gasteiger partial charge in [0.1, 0.15) is 12.4 Å². The Morgan fingerprint density at radius 1 is 0.900 bits per heavy atom. The summed E-state index contributed by atoms with van der Waals surface area (Å²) in [5.74, 6) is 0.817. The van der Waals surface area contributed by atoms with E-state index in [0.717, 1.165) is 18.6 Å². The highest BCUT2D eigenvalue weighted by atomic mass is 35.5. The third kappa shape index (κ3) is 8.71. The maximum Gasteiger partial charge on any atom is 0.152 e. The van der Waals surface area contributed by atoms with Gasteiger partial charge in [-0.2, -0.15) is 0 Å². The Morgan fingerprint density at radius 3 is 2.15 bits per heavy atom. The third-order valence-corrected chi connectivity index (χ3v) is 3.94. The van der Waals surface area contributed by atoms with Crippen LogP contribution in [0.5, 0.6) is 5.75 Å². The molecule has 0 N–H and O–H groups in total. The Balaban J connectivity index is 2.09. The van der Waals surface area contributed by atoms with Crippen LogP contribution in [0.25, 0.3) is 0 Å². The Hall–Kier alpha value is -0.400. The molecule has 0 aliphatic rings. The number of hydrogen-bond acceptors (Lipinski definition) is 1. The van der Waals surface area contributed by atoms with Crippen LogP contribution in [0, 0.1) is 0 Å². The molecule has 0 radical (unpaired) electrons. The molecule has 0 aliphatic carbocycles. The van der Waals surface area contributed by atoms with Crippen molar-refractivity contribution < 1.29 is 4.74 Å². The Kier molecular flexibility index (Phi) is 9.13. The lowest BCUT2D eigenvalue weighted by molar-refractivity contribution is 0.293. The van der Waals surface area contributed by atoms with Crippen LogP contribution in [-0.4, -0.2) is 10.9 Å². The molecule has 0 bridgehead atoms. The third-order valence-electron chi connectivity index (χ3n) is 3.34. The van der Waals surface area contributed by atoms with Crippen molar-refractivity contribution in [2.75, 3.05) is 6.61 Å². The zero-order chi connectivity index (χ0) is 14.7. The highest BCUT2D eigenvalue weighted by Gasteiger charge is 2.24. The number of benzene rings is 1. The fourth-order valence-electron chi connectivity index (χ4n) is 2.12. The second kappa shape index (κ2) is 10.3. The molecule has 0 fully saturated rings. The van der Waals surface area contributed by atoms with Gasteiger partial charge >= 0.3 is 0 Å². The minimum absolute atomic E-state index is 0.343. The lowest BCUT2D eigenvalue weighted by Gasteiger charge is -2.20. The molecule has 0 unspecified atom stereocenters. The highest BCUT2D eigenvalue weighted by Crippen LogP contribution is 2.29. The number of alkyl halides is 2. The van der Waals surface area contributed by atoms with Gasteiger partial charge in [0.2, 0.25) is 0 Å². The molecule has 0 saturated carbocycles. The summed E-state index contributed by atoms with van der Waals surface area (Å²) in [6.07, 6.45) is 9.66. The monoisotopic (exact) mass is 316 g/mol. The van der Waals surface area contributed by atoms with Gasteiger partial charge in [-0.1, -0.05) is 93.3 Å². The largest absolute Gasteiger partial charge is 0.490 e. The van der Waals surface area contributed by atoms with E-state index in [9.17, 15) is 0 Å². The van der Waals surface area contributed by atoms with E-state index in [2.05, 4.69) is 6.92 Å². The molecule has 0 aliphatic heterocycles. The van der Waals surface area contributed by atoms with Crippen LogP contribution in [0.2, 0.25) is 0 Å². The fraction of sp³-hybridized carbons (Fsp3) is 0.647. The molecule has 1 aromatic rings. The zero-order valence-corrected chi connectivity index (χ0v) is 13.9. The molecular weight excluding hydrogens is 291 g/mol. The van der Waals surface area contributed by atoms with Crippen molar-refractivity contribution >= 4 is 23.2 Å². The Bertz CT molecular complexity index is 338. The summed E-state index contributed by atoms with van der Waals surface area (Å²) < 4.78 is 4.84. The first-order chi connectivity index (χ1) is 9.64. The topological polar surface area (TPSA) is 9.23 Å². The Labute approximate surface area is 133 Å². The van der Waals surface area contributed by atoms with Crippen molar-refractivity contribution in [1.29, 1.82) is 0 Å². The smallest absolute Gasteiger partial charge is 0.152 e. The van der Waals surface area contributed by atoms with Crippen molar-refractivity contribution in [2.24, 2.45) is 0 Å². The Morgan fingerprint density at radius 2 is 1.50 bits per heavy atom. The molecular formula is C17H26Cl2O. The van der Waals surface area contributed by atoms with E-state index in [-0.39, 0.29) is 0 Å². The maximum atomic E-state index is 6.29. The number of halogens is 2. The minimum Gasteiger partial charge on any atom is -0.490 e. The summed E-state index contributed by atoms with van der Waals surface area (Å²) >= 11 is 12.6. The summed E-state index contributed by atoms with van der Waals surface area (Å²) in [4.78, 5) is 0. The van der Waals surface area contributed by atoms with Gasteiger partial charge in [0.15, 0.2) is 4.33 Å². The molecule has 0 spiro atoms. The van der Waals surface area contributed by atoms with E-state index in [4.69, 9.17) is 27.9 Å². The summed E-state index contributed by atoms with van der Waals surface area (Å²) in [7, 11) is 0. The summed E-state index contributed by atoms with van der Waals surface area (Å²) in [6.45, 7) is 2.58. The molecule has 0 atom stereocenters. The van der Waals surface area contributed by atoms with Gasteiger partial charge in [0.25, 0.3) is 0 Å². The van der Waals surface area contributed by atoms with Crippen molar-refractivity contribution in [3.05, 3.63) is 30.3 Å². The SMILES string of the molecule is CCCCCCCCCC(Cl)(Cl)COc1ccccc1. The lowest BCUT2D eigenvalue weighted by atomic mass is 10.1. The predicted octanol–water partition coefficient (Wildman–Crippen LogP) is 6.38. The van der Waals surface area contributed by atoms with Crippen LogP contribution >= 0.6 is 23.2 Å². The van der Waals surface area contributed by atoms with Crippen LogP contribution in [-0.2, 0) is 0 Å². The molecule has 114 valence electrons. The van der Waals surface area contributed by atoms with E-state index < -0.39 is 4.33 Å². The number of rotatable bonds is 11. The van der Waals surface area contributed by atoms with Gasteiger partial charge in [0, 0.05) is 0 Å². The minimum atomic E-state index is -0.779. The van der Waals surface area contributed by atoms with Gasteiger partial charge in [-0.3, -0.25) is 0 Å². The van der Waals surface area contributed by atoms with Crippen LogP contribution in [0.4, 0.5) is 0 Å². The average molecular weight is 317 g/mol. The summed E-state index contributed by atoms with van der Waals surface area (Å²) in [6, 6.07) is 9.67. The molecule has 20 heavy (non-hydrogen) atoms. The van der Waals surface area contributed by atoms with Gasteiger partial charge in [-0.25, -0.2) is 0 Å². The standard InChI is InChI=1S/C17H26Cl2O/c1-2-3-4-5-6-7-11-14-17(18,19)15-20-16-12-9-8-10-13-16/h8-10,12-13H,2-7,11,14-15H2,1H3. The van der Waals surface area contributed by atoms with Gasteiger partial charge in [0.05, 0.1) is 0 Å².